The van der Waals surface area contributed by atoms with Gasteiger partial charge in [0.15, 0.2) is 0 Å². The number of nitrogens with one attached hydrogen (secondary N) is 1. The molecule has 1 N–H and O–H groups in total. The van der Waals surface area contributed by atoms with Crippen LogP contribution in [0.1, 0.15) is 11.1 Å². The van der Waals surface area contributed by atoms with Crippen LogP contribution in [0.4, 0.5) is 0 Å². The van der Waals surface area contributed by atoms with Crippen LogP contribution in [0.5, 0.6) is 5.75 Å². The zero-order valence-electron chi connectivity index (χ0n) is 11.5. The van der Waals surface area contributed by atoms with Crippen molar-refractivity contribution in [3.05, 3.63) is 29.3 Å². The summed E-state index contributed by atoms with van der Waals surface area (Å²) in [5.41, 5.74) is 2.67. The van der Waals surface area contributed by atoms with Crippen LogP contribution in [-0.2, 0) is 17.7 Å². The maximum atomic E-state index is 5.74. The van der Waals surface area contributed by atoms with Gasteiger partial charge in [0.1, 0.15) is 5.75 Å². The van der Waals surface area contributed by atoms with Crippen molar-refractivity contribution in [3.63, 3.8) is 0 Å². The third kappa shape index (κ3) is 3.26. The van der Waals surface area contributed by atoms with Gasteiger partial charge in [0.25, 0.3) is 0 Å². The van der Waals surface area contributed by atoms with Crippen molar-refractivity contribution in [1.29, 1.82) is 0 Å². The first-order chi connectivity index (χ1) is 9.31. The fraction of sp³-hybridized carbons (Fsp3) is 0.600. The van der Waals surface area contributed by atoms with E-state index in [1.807, 2.05) is 0 Å². The fourth-order valence-electron chi connectivity index (χ4n) is 2.72. The highest BCUT2D eigenvalue weighted by atomic mass is 16.5. The summed E-state index contributed by atoms with van der Waals surface area (Å²) in [6, 6.07) is 6.48. The number of nitrogens with zero attached hydrogens (tertiary/aromatic N) is 1. The van der Waals surface area contributed by atoms with E-state index in [9.17, 15) is 0 Å². The van der Waals surface area contributed by atoms with Crippen LogP contribution in [0.25, 0.3) is 0 Å². The van der Waals surface area contributed by atoms with E-state index < -0.39 is 0 Å². The molecule has 0 spiro atoms. The number of ether oxygens (including phenoxy) is 2. The third-order valence-corrected chi connectivity index (χ3v) is 3.80. The predicted octanol–water partition coefficient (Wildman–Crippen LogP) is 1.04. The van der Waals surface area contributed by atoms with Gasteiger partial charge in [0.2, 0.25) is 0 Å². The van der Waals surface area contributed by atoms with Crippen molar-refractivity contribution in [2.75, 3.05) is 39.9 Å². The molecular weight excluding hydrogens is 240 g/mol. The average molecular weight is 262 g/mol. The quantitative estimate of drug-likeness (QED) is 0.879. The number of benzene rings is 1. The second-order valence-corrected chi connectivity index (χ2v) is 5.43. The van der Waals surface area contributed by atoms with Gasteiger partial charge in [-0.25, -0.2) is 0 Å². The van der Waals surface area contributed by atoms with E-state index in [4.69, 9.17) is 9.47 Å². The van der Waals surface area contributed by atoms with Crippen molar-refractivity contribution in [1.82, 2.24) is 10.2 Å². The van der Waals surface area contributed by atoms with E-state index >= 15 is 0 Å². The van der Waals surface area contributed by atoms with Gasteiger partial charge in [0.05, 0.1) is 19.3 Å². The number of hydrogen-bond donors (Lipinski definition) is 1. The highest BCUT2D eigenvalue weighted by Gasteiger charge is 2.17. The standard InChI is InChI=1S/C15H22N2O2/c1-17-5-7-18-14(11-17)10-16-9-12-2-3-15-13(8-12)4-6-19-15/h2-3,8,14,16H,4-7,9-11H2,1H3/t14-/m0/s1. The molecule has 4 nitrogen and oxygen atoms in total. The molecule has 1 fully saturated rings. The molecule has 1 aromatic rings. The molecule has 2 aliphatic rings. The molecule has 19 heavy (non-hydrogen) atoms. The molecule has 0 radical (unpaired) electrons. The topological polar surface area (TPSA) is 33.7 Å². The Kier molecular flexibility index (Phi) is 4.01. The molecule has 0 aliphatic carbocycles. The van der Waals surface area contributed by atoms with Crippen LogP contribution in [-0.4, -0.2) is 50.9 Å². The monoisotopic (exact) mass is 262 g/mol. The molecule has 4 heteroatoms. The third-order valence-electron chi connectivity index (χ3n) is 3.80. The zero-order valence-corrected chi connectivity index (χ0v) is 11.5. The van der Waals surface area contributed by atoms with Crippen LogP contribution < -0.4 is 10.1 Å². The largest absolute Gasteiger partial charge is 0.493 e. The SMILES string of the molecule is CN1CCO[C@@H](CNCc2ccc3c(c2)CCO3)C1. The summed E-state index contributed by atoms with van der Waals surface area (Å²) < 4.78 is 11.3. The van der Waals surface area contributed by atoms with E-state index in [1.54, 1.807) is 0 Å². The Morgan fingerprint density at radius 1 is 1.37 bits per heavy atom. The van der Waals surface area contributed by atoms with Crippen LogP contribution in [0, 0.1) is 0 Å². The molecule has 1 atom stereocenters. The van der Waals surface area contributed by atoms with Gasteiger partial charge in [0, 0.05) is 32.6 Å². The van der Waals surface area contributed by atoms with E-state index in [1.165, 1.54) is 11.1 Å². The normalized spacial score (nSPS) is 23.1. The molecule has 3 rings (SSSR count). The van der Waals surface area contributed by atoms with E-state index in [0.717, 1.165) is 51.6 Å². The summed E-state index contributed by atoms with van der Waals surface area (Å²) in [4.78, 5) is 2.32. The highest BCUT2D eigenvalue weighted by molar-refractivity contribution is 5.39. The van der Waals surface area contributed by atoms with Crippen molar-refractivity contribution in [3.8, 4) is 5.75 Å². The Morgan fingerprint density at radius 2 is 2.32 bits per heavy atom. The van der Waals surface area contributed by atoms with Gasteiger partial charge < -0.3 is 19.7 Å². The molecule has 104 valence electrons. The van der Waals surface area contributed by atoms with Gasteiger partial charge in [-0.2, -0.15) is 0 Å². The lowest BCUT2D eigenvalue weighted by atomic mass is 10.1. The summed E-state index contributed by atoms with van der Waals surface area (Å²) >= 11 is 0. The molecule has 0 unspecified atom stereocenters. The van der Waals surface area contributed by atoms with E-state index in [-0.39, 0.29) is 0 Å². The number of rotatable bonds is 4. The maximum Gasteiger partial charge on any atom is 0.122 e. The lowest BCUT2D eigenvalue weighted by Crippen LogP contribution is -2.44. The fourth-order valence-corrected chi connectivity index (χ4v) is 2.72. The second kappa shape index (κ2) is 5.90. The van der Waals surface area contributed by atoms with Crippen LogP contribution in [0.2, 0.25) is 0 Å². The van der Waals surface area contributed by atoms with Crippen molar-refractivity contribution in [2.24, 2.45) is 0 Å². The van der Waals surface area contributed by atoms with E-state index in [2.05, 4.69) is 35.5 Å². The molecule has 2 aliphatic heterocycles. The van der Waals surface area contributed by atoms with Gasteiger partial charge in [-0.15, -0.1) is 0 Å². The molecule has 0 bridgehead atoms. The van der Waals surface area contributed by atoms with Crippen LogP contribution in [0.3, 0.4) is 0 Å². The second-order valence-electron chi connectivity index (χ2n) is 5.43. The van der Waals surface area contributed by atoms with Gasteiger partial charge in [-0.3, -0.25) is 0 Å². The zero-order chi connectivity index (χ0) is 13.1. The average Bonchev–Trinajstić information content (AvgIpc) is 2.86. The van der Waals surface area contributed by atoms with Gasteiger partial charge in [-0.05, 0) is 24.2 Å². The maximum absolute atomic E-state index is 5.74. The molecule has 0 saturated carbocycles. The van der Waals surface area contributed by atoms with Crippen LogP contribution in [0.15, 0.2) is 18.2 Å². The lowest BCUT2D eigenvalue weighted by molar-refractivity contribution is -0.0182. The minimum absolute atomic E-state index is 0.316. The lowest BCUT2D eigenvalue weighted by Gasteiger charge is -2.30. The Labute approximate surface area is 114 Å². The Balaban J connectivity index is 1.47. The predicted molar refractivity (Wildman–Crippen MR) is 74.6 cm³/mol. The smallest absolute Gasteiger partial charge is 0.122 e. The number of likely N-dealkylation sites (N-methyl/N-ethyl adjacent to an activating group) is 1. The summed E-state index contributed by atoms with van der Waals surface area (Å²) in [5, 5.41) is 3.49. The molecule has 1 aromatic carbocycles. The summed E-state index contributed by atoms with van der Waals surface area (Å²) in [6.07, 6.45) is 1.36. The Bertz CT molecular complexity index is 436. The molecule has 0 aromatic heterocycles. The first kappa shape index (κ1) is 12.9. The summed E-state index contributed by atoms with van der Waals surface area (Å²) in [6.45, 7) is 5.55. The molecular formula is C15H22N2O2. The summed E-state index contributed by atoms with van der Waals surface area (Å²) in [5.74, 6) is 1.06. The van der Waals surface area contributed by atoms with E-state index in [0.29, 0.717) is 6.10 Å². The Morgan fingerprint density at radius 3 is 3.21 bits per heavy atom. The highest BCUT2D eigenvalue weighted by Crippen LogP contribution is 2.25. The van der Waals surface area contributed by atoms with Crippen molar-refractivity contribution in [2.45, 2.75) is 19.1 Å². The van der Waals surface area contributed by atoms with Gasteiger partial charge in [-0.1, -0.05) is 12.1 Å². The summed E-state index contributed by atoms with van der Waals surface area (Å²) in [7, 11) is 2.15. The van der Waals surface area contributed by atoms with Gasteiger partial charge >= 0.3 is 0 Å². The number of hydrogen-bond acceptors (Lipinski definition) is 4. The Hall–Kier alpha value is -1.10. The number of morpholine rings is 1. The first-order valence-corrected chi connectivity index (χ1v) is 7.07. The molecule has 0 amide bonds. The molecule has 2 heterocycles. The first-order valence-electron chi connectivity index (χ1n) is 7.07. The van der Waals surface area contributed by atoms with Crippen molar-refractivity contribution < 1.29 is 9.47 Å². The molecule has 1 saturated heterocycles. The minimum atomic E-state index is 0.316. The minimum Gasteiger partial charge on any atom is -0.493 e. The van der Waals surface area contributed by atoms with Crippen LogP contribution >= 0.6 is 0 Å². The number of fused-ring (bicyclic) bond motifs is 1. The van der Waals surface area contributed by atoms with Crippen molar-refractivity contribution >= 4 is 0 Å².